The number of carbonyl (C=O) groups excluding carboxylic acids is 1. The van der Waals surface area contributed by atoms with Crippen molar-refractivity contribution in [3.8, 4) is 0 Å². The van der Waals surface area contributed by atoms with Crippen LogP contribution in [0.1, 0.15) is 34.5 Å². The van der Waals surface area contributed by atoms with E-state index >= 15 is 0 Å². The molecule has 0 aliphatic rings. The maximum absolute atomic E-state index is 12.8. The van der Waals surface area contributed by atoms with E-state index in [-0.39, 0.29) is 29.0 Å². The lowest BCUT2D eigenvalue weighted by atomic mass is 10.1. The van der Waals surface area contributed by atoms with E-state index in [1.807, 2.05) is 37.3 Å². The number of carbonyl (C=O) groups is 1. The summed E-state index contributed by atoms with van der Waals surface area (Å²) in [6.07, 6.45) is 0. The molecule has 0 saturated carbocycles. The minimum Gasteiger partial charge on any atom is -0.345 e. The second-order valence-corrected chi connectivity index (χ2v) is 8.80. The molecule has 7 heteroatoms. The van der Waals surface area contributed by atoms with Crippen LogP contribution >= 0.6 is 11.6 Å². The molecule has 3 aromatic carbocycles. The van der Waals surface area contributed by atoms with E-state index in [1.54, 1.807) is 48.5 Å². The van der Waals surface area contributed by atoms with Crippen LogP contribution in [0.5, 0.6) is 0 Å². The molecule has 0 bridgehead atoms. The normalized spacial score (nSPS) is 12.2. The van der Waals surface area contributed by atoms with Gasteiger partial charge in [-0.3, -0.25) is 9.52 Å². The molecular formula is C22H21ClN2O3S. The summed E-state index contributed by atoms with van der Waals surface area (Å²) in [7, 11) is -3.71. The third-order valence-electron chi connectivity index (χ3n) is 4.35. The molecule has 0 unspecified atom stereocenters. The van der Waals surface area contributed by atoms with Crippen molar-refractivity contribution in [1.29, 1.82) is 0 Å². The van der Waals surface area contributed by atoms with E-state index in [0.29, 0.717) is 10.6 Å². The first kappa shape index (κ1) is 20.9. The van der Waals surface area contributed by atoms with Crippen molar-refractivity contribution in [3.05, 3.63) is 101 Å². The summed E-state index contributed by atoms with van der Waals surface area (Å²) >= 11 is 5.84. The topological polar surface area (TPSA) is 75.3 Å². The standard InChI is InChI=1S/C22H21ClN2O3S/c1-16(18-7-3-2-4-8-18)24-22(26)20-9-5-6-10-21(20)25-29(27,28)15-17-11-13-19(23)14-12-17/h2-14,16,25H,15H2,1H3,(H,24,26)/t16-/m0/s1. The Kier molecular flexibility index (Phi) is 6.56. The highest BCUT2D eigenvalue weighted by Gasteiger charge is 2.18. The van der Waals surface area contributed by atoms with Crippen molar-refractivity contribution in [2.45, 2.75) is 18.7 Å². The fraction of sp³-hybridized carbons (Fsp3) is 0.136. The summed E-state index contributed by atoms with van der Waals surface area (Å²) in [5, 5.41) is 3.44. The van der Waals surface area contributed by atoms with E-state index in [0.717, 1.165) is 5.56 Å². The minimum absolute atomic E-state index is 0.220. The lowest BCUT2D eigenvalue weighted by Crippen LogP contribution is -2.28. The van der Waals surface area contributed by atoms with Crippen LogP contribution in [0.4, 0.5) is 5.69 Å². The molecule has 0 fully saturated rings. The van der Waals surface area contributed by atoms with Gasteiger partial charge in [0.2, 0.25) is 10.0 Å². The molecule has 3 rings (SSSR count). The van der Waals surface area contributed by atoms with E-state index in [1.165, 1.54) is 0 Å². The third-order valence-corrected chi connectivity index (χ3v) is 5.85. The predicted molar refractivity (Wildman–Crippen MR) is 116 cm³/mol. The number of para-hydroxylation sites is 1. The Morgan fingerprint density at radius 2 is 1.55 bits per heavy atom. The van der Waals surface area contributed by atoms with Crippen LogP contribution in [-0.2, 0) is 15.8 Å². The zero-order chi connectivity index (χ0) is 20.9. The van der Waals surface area contributed by atoms with Crippen molar-refractivity contribution < 1.29 is 13.2 Å². The fourth-order valence-electron chi connectivity index (χ4n) is 2.87. The molecule has 0 aliphatic carbocycles. The highest BCUT2D eigenvalue weighted by molar-refractivity contribution is 7.91. The molecule has 2 N–H and O–H groups in total. The van der Waals surface area contributed by atoms with Gasteiger partial charge < -0.3 is 5.32 Å². The lowest BCUT2D eigenvalue weighted by molar-refractivity contribution is 0.0941. The average molecular weight is 429 g/mol. The van der Waals surface area contributed by atoms with Crippen LogP contribution in [0.25, 0.3) is 0 Å². The first-order chi connectivity index (χ1) is 13.8. The SMILES string of the molecule is C[C@H](NC(=O)c1ccccc1NS(=O)(=O)Cc1ccc(Cl)cc1)c1ccccc1. The molecule has 3 aromatic rings. The van der Waals surface area contributed by atoms with Crippen molar-refractivity contribution in [3.63, 3.8) is 0 Å². The van der Waals surface area contributed by atoms with Crippen LogP contribution in [-0.4, -0.2) is 14.3 Å². The number of benzene rings is 3. The number of halogens is 1. The number of rotatable bonds is 7. The maximum Gasteiger partial charge on any atom is 0.253 e. The molecule has 0 aromatic heterocycles. The summed E-state index contributed by atoms with van der Waals surface area (Å²) < 4.78 is 27.7. The lowest BCUT2D eigenvalue weighted by Gasteiger charge is -2.17. The molecule has 0 radical (unpaired) electrons. The zero-order valence-electron chi connectivity index (χ0n) is 15.8. The maximum atomic E-state index is 12.8. The number of amides is 1. The van der Waals surface area contributed by atoms with Crippen LogP contribution < -0.4 is 10.0 Å². The van der Waals surface area contributed by atoms with Crippen molar-refractivity contribution in [1.82, 2.24) is 5.32 Å². The number of anilines is 1. The van der Waals surface area contributed by atoms with Crippen LogP contribution in [0.2, 0.25) is 5.02 Å². The Balaban J connectivity index is 1.75. The highest BCUT2D eigenvalue weighted by Crippen LogP contribution is 2.20. The zero-order valence-corrected chi connectivity index (χ0v) is 17.4. The van der Waals surface area contributed by atoms with Gasteiger partial charge >= 0.3 is 0 Å². The average Bonchev–Trinajstić information content (AvgIpc) is 2.70. The van der Waals surface area contributed by atoms with E-state index in [4.69, 9.17) is 11.6 Å². The molecule has 29 heavy (non-hydrogen) atoms. The first-order valence-electron chi connectivity index (χ1n) is 9.04. The third kappa shape index (κ3) is 5.82. The van der Waals surface area contributed by atoms with Gasteiger partial charge in [0.15, 0.2) is 0 Å². The van der Waals surface area contributed by atoms with Gasteiger partial charge in [-0.2, -0.15) is 0 Å². The number of hydrogen-bond donors (Lipinski definition) is 2. The predicted octanol–water partition coefficient (Wildman–Crippen LogP) is 4.77. The Labute approximate surface area is 175 Å². The Hall–Kier alpha value is -2.83. The van der Waals surface area contributed by atoms with E-state index in [2.05, 4.69) is 10.0 Å². The number of nitrogens with one attached hydrogen (secondary N) is 2. The van der Waals surface area contributed by atoms with Gasteiger partial charge in [-0.15, -0.1) is 0 Å². The Morgan fingerprint density at radius 3 is 2.24 bits per heavy atom. The minimum atomic E-state index is -3.71. The molecule has 0 spiro atoms. The second kappa shape index (κ2) is 9.11. The van der Waals surface area contributed by atoms with E-state index < -0.39 is 10.0 Å². The Morgan fingerprint density at radius 1 is 0.931 bits per heavy atom. The van der Waals surface area contributed by atoms with Crippen molar-refractivity contribution in [2.75, 3.05) is 4.72 Å². The van der Waals surface area contributed by atoms with Crippen LogP contribution in [0.3, 0.4) is 0 Å². The Bertz CT molecular complexity index is 1080. The molecule has 5 nitrogen and oxygen atoms in total. The van der Waals surface area contributed by atoms with Gasteiger partial charge in [0.25, 0.3) is 5.91 Å². The van der Waals surface area contributed by atoms with E-state index in [9.17, 15) is 13.2 Å². The number of sulfonamides is 1. The summed E-state index contributed by atoms with van der Waals surface area (Å²) in [4.78, 5) is 12.8. The second-order valence-electron chi connectivity index (χ2n) is 6.64. The summed E-state index contributed by atoms with van der Waals surface area (Å²) in [5.41, 5.74) is 2.05. The molecule has 0 heterocycles. The van der Waals surface area contributed by atoms with Gasteiger partial charge in [0.1, 0.15) is 0 Å². The highest BCUT2D eigenvalue weighted by atomic mass is 35.5. The quantitative estimate of drug-likeness (QED) is 0.569. The van der Waals surface area contributed by atoms with Crippen LogP contribution in [0, 0.1) is 0 Å². The molecule has 1 amide bonds. The first-order valence-corrected chi connectivity index (χ1v) is 11.1. The monoisotopic (exact) mass is 428 g/mol. The summed E-state index contributed by atoms with van der Waals surface area (Å²) in [5.74, 6) is -0.577. The van der Waals surface area contributed by atoms with Crippen molar-refractivity contribution in [2.24, 2.45) is 0 Å². The van der Waals surface area contributed by atoms with Gasteiger partial charge in [-0.05, 0) is 42.3 Å². The smallest absolute Gasteiger partial charge is 0.253 e. The number of hydrogen-bond acceptors (Lipinski definition) is 3. The molecule has 0 saturated heterocycles. The molecule has 150 valence electrons. The molecule has 1 atom stereocenters. The molecular weight excluding hydrogens is 408 g/mol. The molecule has 0 aliphatic heterocycles. The van der Waals surface area contributed by atoms with Gasteiger partial charge in [0.05, 0.1) is 23.0 Å². The van der Waals surface area contributed by atoms with Gasteiger partial charge in [-0.1, -0.05) is 66.2 Å². The summed E-state index contributed by atoms with van der Waals surface area (Å²) in [6.45, 7) is 1.88. The van der Waals surface area contributed by atoms with Gasteiger partial charge in [-0.25, -0.2) is 8.42 Å². The fourth-order valence-corrected chi connectivity index (χ4v) is 4.22. The van der Waals surface area contributed by atoms with Gasteiger partial charge in [0, 0.05) is 5.02 Å². The van der Waals surface area contributed by atoms with Crippen molar-refractivity contribution >= 4 is 33.2 Å². The largest absolute Gasteiger partial charge is 0.345 e. The van der Waals surface area contributed by atoms with Crippen LogP contribution in [0.15, 0.2) is 78.9 Å². The summed E-state index contributed by atoms with van der Waals surface area (Å²) in [6, 6.07) is 22.4.